The fraction of sp³-hybridized carbons (Fsp3) is 0.385. The van der Waals surface area contributed by atoms with Crippen molar-refractivity contribution >= 4 is 47.1 Å². The van der Waals surface area contributed by atoms with Crippen LogP contribution in [0.25, 0.3) is 34.4 Å². The Morgan fingerprint density at radius 1 is 0.658 bits per heavy atom. The fourth-order valence-corrected chi connectivity index (χ4v) is 10.7. The molecule has 2 aromatic heterocycles. The average molecular weight is 1010 g/mol. The Morgan fingerprint density at radius 2 is 1.07 bits per heavy atom. The molecule has 0 N–H and O–H groups in total. The summed E-state index contributed by atoms with van der Waals surface area (Å²) >= 11 is 0.926. The smallest absolute Gasteiger partial charge is 0.291 e. The normalized spacial score (nSPS) is 16.3. The zero-order chi connectivity index (χ0) is 51.8. The Bertz CT molecular complexity index is 2860. The zero-order valence-electron chi connectivity index (χ0n) is 41.7. The van der Waals surface area contributed by atoms with E-state index in [4.69, 9.17) is 9.47 Å². The van der Waals surface area contributed by atoms with E-state index in [0.717, 1.165) is 48.6 Å². The van der Waals surface area contributed by atoms with Crippen LogP contribution in [0.15, 0.2) is 94.7 Å². The van der Waals surface area contributed by atoms with Crippen LogP contribution in [0.2, 0.25) is 0 Å². The average Bonchev–Trinajstić information content (AvgIpc) is 4.08. The topological polar surface area (TPSA) is 233 Å². The van der Waals surface area contributed by atoms with Crippen molar-refractivity contribution in [2.75, 3.05) is 40.4 Å². The third kappa shape index (κ3) is 11.7. The van der Waals surface area contributed by atoms with Crippen molar-refractivity contribution in [2.45, 2.75) is 100 Å². The molecular weight excluding hydrogens is 953 g/mol. The molecule has 73 heavy (non-hydrogen) atoms. The summed E-state index contributed by atoms with van der Waals surface area (Å²) in [7, 11) is 3.08. The van der Waals surface area contributed by atoms with Crippen LogP contribution in [0.1, 0.15) is 111 Å². The van der Waals surface area contributed by atoms with Crippen LogP contribution in [0, 0.1) is 20.2 Å². The lowest BCUT2D eigenvalue weighted by Crippen LogP contribution is -2.38. The number of methoxy groups -OCH3 is 2. The van der Waals surface area contributed by atoms with Gasteiger partial charge >= 0.3 is 0 Å². The van der Waals surface area contributed by atoms with Gasteiger partial charge in [-0.15, -0.1) is 30.0 Å². The Balaban J connectivity index is 1.18. The molecule has 2 unspecified atom stereocenters. The maximum Gasteiger partial charge on any atom is 0.291 e. The molecule has 21 heteroatoms. The molecule has 2 saturated heterocycles. The summed E-state index contributed by atoms with van der Waals surface area (Å²) in [6.45, 7) is 10.1. The number of piperidine rings is 2. The zero-order valence-corrected chi connectivity index (χ0v) is 42.5. The molecule has 2 amide bonds. The van der Waals surface area contributed by atoms with Crippen LogP contribution in [-0.2, 0) is 32.5 Å². The highest BCUT2D eigenvalue weighted by Crippen LogP contribution is 2.50. The fourth-order valence-electron chi connectivity index (χ4n) is 9.61. The largest absolute Gasteiger partial charge is 0.361 e. The van der Waals surface area contributed by atoms with Gasteiger partial charge in [0.25, 0.3) is 11.4 Å². The van der Waals surface area contributed by atoms with Crippen molar-refractivity contribution in [2.24, 2.45) is 0 Å². The monoisotopic (exact) mass is 1010 g/mol. The van der Waals surface area contributed by atoms with E-state index in [1.165, 1.54) is 36.0 Å². The number of likely N-dealkylation sites (tertiary alicyclic amines) is 2. The molecule has 2 atom stereocenters. The standard InChI is InChI=1S/C52H58N12O8S/c1-33(2)39-15-7-9-17-41(39)47-35(21-25-45(65)59-27-11-13-37(29-59)51-53-57-61(55-51)31-71-5)19-23-43(49(47)63(67)68)73-44-24-20-36(48(50(44)64(69)70)42-18-10-8-16-40(42)34(3)4)22-26-46(66)60-28-12-14-38(30-60)52-54-58-62(56-52)32-72-6/h7-10,15-26,33-34,37-38H,11-14,27-32H2,1-6H3. The van der Waals surface area contributed by atoms with Crippen LogP contribution in [0.3, 0.4) is 0 Å². The van der Waals surface area contributed by atoms with Crippen LogP contribution in [-0.4, -0.2) is 112 Å². The van der Waals surface area contributed by atoms with E-state index in [1.807, 2.05) is 76.2 Å². The minimum atomic E-state index is -0.459. The van der Waals surface area contributed by atoms with Gasteiger partial charge in [0, 0.05) is 64.4 Å². The lowest BCUT2D eigenvalue weighted by Gasteiger charge is -2.30. The SMILES string of the molecule is COCn1nnc(C2CCCN(C(=O)C=Cc3ccc(Sc4ccc(C=CC(=O)N5CCCC(c6nnn(COC)n6)C5)c(-c5ccccc5C(C)C)c4[N+](=O)[O-])c([N+](=O)[O-])c3-c3ccccc3C(C)C)C2)n1. The molecule has 2 fully saturated rings. The molecular formula is C52H58N12O8S. The van der Waals surface area contributed by atoms with Gasteiger partial charge in [-0.2, -0.15) is 0 Å². The van der Waals surface area contributed by atoms with E-state index >= 15 is 0 Å². The molecule has 0 spiro atoms. The highest BCUT2D eigenvalue weighted by Gasteiger charge is 2.33. The number of benzene rings is 4. The van der Waals surface area contributed by atoms with Gasteiger partial charge in [0.1, 0.15) is 0 Å². The quantitative estimate of drug-likeness (QED) is 0.0443. The van der Waals surface area contributed by atoms with E-state index in [9.17, 15) is 29.8 Å². The van der Waals surface area contributed by atoms with Crippen molar-refractivity contribution in [3.63, 3.8) is 0 Å². The molecule has 0 aliphatic carbocycles. The van der Waals surface area contributed by atoms with Crippen molar-refractivity contribution < 1.29 is 28.9 Å². The van der Waals surface area contributed by atoms with Gasteiger partial charge in [-0.1, -0.05) is 100 Å². The summed E-state index contributed by atoms with van der Waals surface area (Å²) in [5.74, 6) is 0.142. The van der Waals surface area contributed by atoms with Gasteiger partial charge in [-0.05, 0) is 106 Å². The van der Waals surface area contributed by atoms with Gasteiger partial charge < -0.3 is 19.3 Å². The Labute approximate surface area is 426 Å². The van der Waals surface area contributed by atoms with Crippen molar-refractivity contribution in [3.05, 3.63) is 139 Å². The van der Waals surface area contributed by atoms with E-state index in [0.29, 0.717) is 60.1 Å². The van der Waals surface area contributed by atoms with Crippen molar-refractivity contribution in [1.82, 2.24) is 50.2 Å². The summed E-state index contributed by atoms with van der Waals surface area (Å²) in [5.41, 5.74) is 3.77. The molecule has 380 valence electrons. The Hall–Kier alpha value is -7.49. The lowest BCUT2D eigenvalue weighted by atomic mass is 9.89. The number of nitrogens with zero attached hydrogens (tertiary/aromatic N) is 12. The van der Waals surface area contributed by atoms with Gasteiger partial charge in [-0.3, -0.25) is 29.8 Å². The molecule has 2 aliphatic heterocycles. The maximum absolute atomic E-state index is 13.9. The second-order valence-corrected chi connectivity index (χ2v) is 19.7. The van der Waals surface area contributed by atoms with E-state index in [1.54, 1.807) is 46.2 Å². The van der Waals surface area contributed by atoms with Crippen molar-refractivity contribution in [3.8, 4) is 22.3 Å². The van der Waals surface area contributed by atoms with Crippen LogP contribution in [0.5, 0.6) is 0 Å². The van der Waals surface area contributed by atoms with Crippen LogP contribution >= 0.6 is 11.8 Å². The Kier molecular flexibility index (Phi) is 16.6. The third-order valence-corrected chi connectivity index (χ3v) is 14.2. The number of aromatic nitrogens is 8. The number of hydrogen-bond donors (Lipinski definition) is 0. The molecule has 4 heterocycles. The summed E-state index contributed by atoms with van der Waals surface area (Å²) in [6.07, 6.45) is 9.07. The number of rotatable bonds is 18. The molecule has 0 bridgehead atoms. The maximum atomic E-state index is 13.9. The predicted molar refractivity (Wildman–Crippen MR) is 274 cm³/mol. The number of tetrazole rings is 2. The molecule has 6 aromatic rings. The van der Waals surface area contributed by atoms with Gasteiger partial charge in [-0.25, -0.2) is 0 Å². The number of ether oxygens (including phenoxy) is 2. The van der Waals surface area contributed by atoms with E-state index in [2.05, 4.69) is 30.8 Å². The van der Waals surface area contributed by atoms with Crippen LogP contribution < -0.4 is 0 Å². The molecule has 2 aliphatic rings. The minimum absolute atomic E-state index is 0.0416. The van der Waals surface area contributed by atoms with Gasteiger partial charge in [0.2, 0.25) is 11.8 Å². The predicted octanol–water partition coefficient (Wildman–Crippen LogP) is 9.25. The number of nitro groups is 2. The highest BCUT2D eigenvalue weighted by molar-refractivity contribution is 7.99. The first-order chi connectivity index (χ1) is 35.3. The van der Waals surface area contributed by atoms with Gasteiger partial charge in [0.05, 0.1) is 30.8 Å². The molecule has 20 nitrogen and oxygen atoms in total. The second-order valence-electron chi connectivity index (χ2n) is 18.6. The molecule has 0 saturated carbocycles. The van der Waals surface area contributed by atoms with Gasteiger partial charge in [0.15, 0.2) is 25.1 Å². The first-order valence-electron chi connectivity index (χ1n) is 24.2. The Morgan fingerprint density at radius 3 is 1.45 bits per heavy atom. The summed E-state index contributed by atoms with van der Waals surface area (Å²) in [6, 6.07) is 21.5. The number of hydrogen-bond acceptors (Lipinski definition) is 15. The molecule has 4 aromatic carbocycles. The number of amides is 2. The number of carbonyl (C=O) groups is 2. The first-order valence-corrected chi connectivity index (χ1v) is 25.0. The first kappa shape index (κ1) is 51.9. The summed E-state index contributed by atoms with van der Waals surface area (Å²) in [5, 5.41) is 52.5. The minimum Gasteiger partial charge on any atom is -0.361 e. The third-order valence-electron chi connectivity index (χ3n) is 13.1. The highest BCUT2D eigenvalue weighted by atomic mass is 32.2. The van der Waals surface area contributed by atoms with Crippen molar-refractivity contribution in [1.29, 1.82) is 0 Å². The summed E-state index contributed by atoms with van der Waals surface area (Å²) in [4.78, 5) is 60.6. The summed E-state index contributed by atoms with van der Waals surface area (Å²) < 4.78 is 10.2. The molecule has 0 radical (unpaired) electrons. The van der Waals surface area contributed by atoms with E-state index < -0.39 is 9.85 Å². The lowest BCUT2D eigenvalue weighted by molar-refractivity contribution is -0.387. The van der Waals surface area contributed by atoms with Crippen LogP contribution in [0.4, 0.5) is 11.4 Å². The number of nitro benzene ring substituents is 2. The number of carbonyl (C=O) groups excluding carboxylic acids is 2. The second kappa shape index (κ2) is 23.4. The van der Waals surface area contributed by atoms with E-state index in [-0.39, 0.29) is 81.2 Å². The molecule has 8 rings (SSSR count).